The van der Waals surface area contributed by atoms with Crippen molar-refractivity contribution in [1.82, 2.24) is 0 Å². The summed E-state index contributed by atoms with van der Waals surface area (Å²) in [5.74, 6) is -13.2. The maximum Gasteiger partial charge on any atom is 0.337 e. The van der Waals surface area contributed by atoms with Crippen LogP contribution in [-0.2, 0) is 9.53 Å². The third-order valence-corrected chi connectivity index (χ3v) is 2.28. The average Bonchev–Trinajstić information content (AvgIpc) is 2.41. The summed E-state index contributed by atoms with van der Waals surface area (Å²) >= 11 is 0. The first-order valence-corrected chi connectivity index (χ1v) is 4.69. The molecule has 2 atom stereocenters. The third-order valence-electron chi connectivity index (χ3n) is 2.28. The summed E-state index contributed by atoms with van der Waals surface area (Å²) in [5.41, 5.74) is -1.71. The van der Waals surface area contributed by atoms with Gasteiger partial charge in [0.05, 0.1) is 12.7 Å². The summed E-state index contributed by atoms with van der Waals surface area (Å²) in [6, 6.07) is 0. The van der Waals surface area contributed by atoms with Gasteiger partial charge in [-0.2, -0.15) is 0 Å². The second-order valence-electron chi connectivity index (χ2n) is 3.40. The van der Waals surface area contributed by atoms with Gasteiger partial charge < -0.3 is 14.9 Å². The molecular weight excluding hydrogens is 279 g/mol. The summed E-state index contributed by atoms with van der Waals surface area (Å²) < 4.78 is 68.8. The first-order chi connectivity index (χ1) is 8.73. The minimum Gasteiger partial charge on any atom is -0.467 e. The Labute approximate surface area is 103 Å². The van der Waals surface area contributed by atoms with Gasteiger partial charge in [-0.15, -0.1) is 0 Å². The number of hydrogen-bond donors (Lipinski definition) is 2. The fourth-order valence-corrected chi connectivity index (χ4v) is 1.29. The van der Waals surface area contributed by atoms with Crippen molar-refractivity contribution in [2.45, 2.75) is 12.2 Å². The Hall–Kier alpha value is -1.74. The zero-order valence-corrected chi connectivity index (χ0v) is 9.26. The Kier molecular flexibility index (Phi) is 4.43. The first-order valence-electron chi connectivity index (χ1n) is 4.69. The lowest BCUT2D eigenvalue weighted by Gasteiger charge is -2.17. The van der Waals surface area contributed by atoms with Gasteiger partial charge in [0.25, 0.3) is 0 Å². The second kappa shape index (κ2) is 5.49. The number of ether oxygens (including phenoxy) is 1. The van der Waals surface area contributed by atoms with Crippen molar-refractivity contribution in [3.05, 3.63) is 34.6 Å². The van der Waals surface area contributed by atoms with E-state index in [0.717, 1.165) is 7.11 Å². The Morgan fingerprint density at radius 2 is 1.32 bits per heavy atom. The third kappa shape index (κ3) is 2.51. The molecule has 0 saturated heterocycles. The molecule has 0 heterocycles. The molecule has 0 aliphatic carbocycles. The van der Waals surface area contributed by atoms with Crippen molar-refractivity contribution >= 4 is 5.97 Å². The maximum atomic E-state index is 13.2. The van der Waals surface area contributed by atoms with Crippen molar-refractivity contribution < 1.29 is 41.7 Å². The van der Waals surface area contributed by atoms with Gasteiger partial charge in [0.15, 0.2) is 29.4 Å². The van der Waals surface area contributed by atoms with Crippen LogP contribution >= 0.6 is 0 Å². The fraction of sp³-hybridized carbons (Fsp3) is 0.300. The van der Waals surface area contributed by atoms with E-state index in [1.165, 1.54) is 0 Å². The minimum atomic E-state index is -2.67. The van der Waals surface area contributed by atoms with Crippen molar-refractivity contribution in [3.8, 4) is 0 Å². The fourth-order valence-electron chi connectivity index (χ4n) is 1.29. The van der Waals surface area contributed by atoms with E-state index in [0.29, 0.717) is 0 Å². The Balaban J connectivity index is 3.39. The zero-order chi connectivity index (χ0) is 14.9. The number of aliphatic hydroxyl groups excluding tert-OH is 2. The van der Waals surface area contributed by atoms with Crippen molar-refractivity contribution in [2.24, 2.45) is 0 Å². The molecule has 0 fully saturated rings. The van der Waals surface area contributed by atoms with Crippen LogP contribution < -0.4 is 0 Å². The van der Waals surface area contributed by atoms with Gasteiger partial charge in [-0.05, 0) is 0 Å². The van der Waals surface area contributed by atoms with Crippen LogP contribution in [0.5, 0.6) is 0 Å². The molecule has 19 heavy (non-hydrogen) atoms. The van der Waals surface area contributed by atoms with Crippen LogP contribution in [-0.4, -0.2) is 29.4 Å². The Morgan fingerprint density at radius 3 is 1.68 bits per heavy atom. The number of hydrogen-bond acceptors (Lipinski definition) is 4. The molecule has 0 saturated carbocycles. The maximum absolute atomic E-state index is 13.2. The summed E-state index contributed by atoms with van der Waals surface area (Å²) in [6.07, 6.45) is -5.17. The van der Waals surface area contributed by atoms with Crippen molar-refractivity contribution in [3.63, 3.8) is 0 Å². The highest BCUT2D eigenvalue weighted by atomic mass is 19.2. The Morgan fingerprint density at radius 1 is 0.947 bits per heavy atom. The number of carbonyl (C=O) groups excluding carboxylic acids is 1. The summed E-state index contributed by atoms with van der Waals surface area (Å²) in [5, 5.41) is 18.4. The summed E-state index contributed by atoms with van der Waals surface area (Å²) in [4.78, 5) is 10.8. The van der Waals surface area contributed by atoms with E-state index in [-0.39, 0.29) is 0 Å². The second-order valence-corrected chi connectivity index (χ2v) is 3.40. The number of esters is 1. The predicted octanol–water partition coefficient (Wildman–Crippen LogP) is 0.949. The molecule has 0 amide bonds. The number of halogens is 5. The number of carbonyl (C=O) groups is 1. The molecule has 106 valence electrons. The molecule has 0 radical (unpaired) electrons. The van der Waals surface area contributed by atoms with Gasteiger partial charge in [-0.3, -0.25) is 0 Å². The highest BCUT2D eigenvalue weighted by Gasteiger charge is 2.35. The van der Waals surface area contributed by atoms with E-state index >= 15 is 0 Å². The monoisotopic (exact) mass is 286 g/mol. The molecule has 1 rings (SSSR count). The smallest absolute Gasteiger partial charge is 0.337 e. The van der Waals surface area contributed by atoms with Crippen LogP contribution in [0.4, 0.5) is 22.0 Å². The topological polar surface area (TPSA) is 66.8 Å². The molecule has 0 aliphatic rings. The number of aliphatic hydroxyl groups is 2. The number of rotatable bonds is 3. The van der Waals surface area contributed by atoms with Crippen LogP contribution in [0, 0.1) is 29.1 Å². The SMILES string of the molecule is COC(=O)[C@H](O)[C@@H](O)c1c(F)c(F)c(F)c(F)c1F. The molecule has 0 unspecified atom stereocenters. The molecule has 2 N–H and O–H groups in total. The van der Waals surface area contributed by atoms with Crippen molar-refractivity contribution in [2.75, 3.05) is 7.11 Å². The van der Waals surface area contributed by atoms with Crippen LogP contribution in [0.15, 0.2) is 0 Å². The van der Waals surface area contributed by atoms with E-state index in [4.69, 9.17) is 5.11 Å². The molecule has 0 bridgehead atoms. The van der Waals surface area contributed by atoms with Gasteiger partial charge in [-0.1, -0.05) is 0 Å². The molecule has 4 nitrogen and oxygen atoms in total. The summed E-state index contributed by atoms with van der Waals surface area (Å²) in [6.45, 7) is 0. The average molecular weight is 286 g/mol. The normalized spacial score (nSPS) is 14.1. The highest BCUT2D eigenvalue weighted by Crippen LogP contribution is 2.29. The van der Waals surface area contributed by atoms with E-state index in [1.807, 2.05) is 0 Å². The zero-order valence-electron chi connectivity index (χ0n) is 9.26. The standard InChI is InChI=1S/C10H7F5O4/c1-19-10(18)9(17)8(16)2-3(11)5(13)7(15)6(14)4(2)12/h8-9,16-17H,1H3/t8-,9+/m0/s1. The van der Waals surface area contributed by atoms with Gasteiger partial charge >= 0.3 is 5.97 Å². The van der Waals surface area contributed by atoms with Gasteiger partial charge in [-0.25, -0.2) is 26.7 Å². The molecule has 0 aliphatic heterocycles. The van der Waals surface area contributed by atoms with Gasteiger partial charge in [0.2, 0.25) is 5.82 Å². The Bertz CT molecular complexity index is 490. The van der Waals surface area contributed by atoms with Crippen LogP contribution in [0.3, 0.4) is 0 Å². The molecule has 9 heteroatoms. The van der Waals surface area contributed by atoms with Crippen LogP contribution in [0.1, 0.15) is 11.7 Å². The van der Waals surface area contributed by atoms with E-state index in [9.17, 15) is 31.9 Å². The quantitative estimate of drug-likeness (QED) is 0.376. The van der Waals surface area contributed by atoms with E-state index in [2.05, 4.69) is 4.74 Å². The lowest BCUT2D eigenvalue weighted by Crippen LogP contribution is -2.31. The molecule has 0 spiro atoms. The van der Waals surface area contributed by atoms with E-state index in [1.54, 1.807) is 0 Å². The molecule has 1 aromatic carbocycles. The molecule has 1 aromatic rings. The lowest BCUT2D eigenvalue weighted by atomic mass is 10.0. The number of benzene rings is 1. The lowest BCUT2D eigenvalue weighted by molar-refractivity contribution is -0.157. The first kappa shape index (κ1) is 15.3. The number of methoxy groups -OCH3 is 1. The largest absolute Gasteiger partial charge is 0.467 e. The van der Waals surface area contributed by atoms with Crippen LogP contribution in [0.2, 0.25) is 0 Å². The minimum absolute atomic E-state index is 0.789. The van der Waals surface area contributed by atoms with Gasteiger partial charge in [0, 0.05) is 0 Å². The van der Waals surface area contributed by atoms with Crippen molar-refractivity contribution in [1.29, 1.82) is 0 Å². The van der Waals surface area contributed by atoms with Gasteiger partial charge in [0.1, 0.15) is 6.10 Å². The molecule has 0 aromatic heterocycles. The van der Waals surface area contributed by atoms with E-state index < -0.39 is 52.8 Å². The predicted molar refractivity (Wildman–Crippen MR) is 49.2 cm³/mol. The van der Waals surface area contributed by atoms with Crippen LogP contribution in [0.25, 0.3) is 0 Å². The highest BCUT2D eigenvalue weighted by molar-refractivity contribution is 5.75. The molecular formula is C10H7F5O4. The summed E-state index contributed by atoms with van der Waals surface area (Å²) in [7, 11) is 0.789.